The summed E-state index contributed by atoms with van der Waals surface area (Å²) in [5, 5.41) is 12.9. The van der Waals surface area contributed by atoms with E-state index in [9.17, 15) is 19.5 Å². The van der Waals surface area contributed by atoms with Crippen molar-refractivity contribution in [2.24, 2.45) is 17.6 Å². The minimum atomic E-state index is -0.862. The number of nitrogens with zero attached hydrogens (tertiary/aromatic N) is 1. The number of hydrogen-bond acceptors (Lipinski definition) is 5. The summed E-state index contributed by atoms with van der Waals surface area (Å²) in [6.45, 7) is 3.67. The van der Waals surface area contributed by atoms with E-state index in [4.69, 9.17) is 5.73 Å². The van der Waals surface area contributed by atoms with E-state index in [1.165, 1.54) is 30.9 Å². The summed E-state index contributed by atoms with van der Waals surface area (Å²) in [5.41, 5.74) is 9.07. The van der Waals surface area contributed by atoms with Crippen LogP contribution in [0.25, 0.3) is 0 Å². The third-order valence-electron chi connectivity index (χ3n) is 8.90. The van der Waals surface area contributed by atoms with Crippen LogP contribution in [-0.2, 0) is 29.5 Å². The number of primary amides is 1. The van der Waals surface area contributed by atoms with E-state index in [1.807, 2.05) is 6.07 Å². The molecule has 184 valence electrons. The van der Waals surface area contributed by atoms with Crippen LogP contribution in [0.5, 0.6) is 5.75 Å². The van der Waals surface area contributed by atoms with Crippen molar-refractivity contribution in [1.29, 1.82) is 0 Å². The number of piperidine rings is 1. The summed E-state index contributed by atoms with van der Waals surface area (Å²) in [4.78, 5) is 42.7. The Morgan fingerprint density at radius 3 is 2.80 bits per heavy atom. The highest BCUT2D eigenvalue weighted by Gasteiger charge is 2.55. The Hall–Kier alpha value is -3.13. The molecule has 6 rings (SSSR count). The smallest absolute Gasteiger partial charge is 0.261 e. The van der Waals surface area contributed by atoms with Gasteiger partial charge in [-0.2, -0.15) is 0 Å². The Kier molecular flexibility index (Phi) is 5.07. The molecule has 4 aliphatic rings. The summed E-state index contributed by atoms with van der Waals surface area (Å²) in [7, 11) is 0. The molecular formula is C27H32N4O4. The van der Waals surface area contributed by atoms with Gasteiger partial charge in [0, 0.05) is 23.7 Å². The quantitative estimate of drug-likeness (QED) is 0.518. The number of aromatic amines is 1. The maximum Gasteiger partial charge on any atom is 0.261 e. The molecule has 0 spiro atoms. The second kappa shape index (κ2) is 7.95. The molecule has 4 atom stereocenters. The normalized spacial score (nSPS) is 27.8. The molecule has 1 aromatic heterocycles. The lowest BCUT2D eigenvalue weighted by Gasteiger charge is -2.59. The zero-order chi connectivity index (χ0) is 24.5. The SMILES string of the molecule is C[C@H](NC(=O)c1cc2c([nH]c1=O)C[C@]13CCN(CC4CC4)[C@H](Cc4ccc(O)cc41)[C@@H]3C2)C(N)=O. The molecule has 1 aliphatic heterocycles. The maximum atomic E-state index is 12.9. The van der Waals surface area contributed by atoms with Crippen LogP contribution in [0.15, 0.2) is 29.1 Å². The summed E-state index contributed by atoms with van der Waals surface area (Å²) in [6.07, 6.45) is 6.02. The van der Waals surface area contributed by atoms with Crippen LogP contribution in [0.2, 0.25) is 0 Å². The summed E-state index contributed by atoms with van der Waals surface area (Å²) in [5.74, 6) is 0.185. The third-order valence-corrected chi connectivity index (χ3v) is 8.90. The second-order valence-corrected chi connectivity index (χ2v) is 11.1. The number of carbonyl (C=O) groups excluding carboxylic acids is 2. The number of phenolic OH excluding ortho intramolecular Hbond substituents is 1. The molecule has 3 aliphatic carbocycles. The Morgan fingerprint density at radius 2 is 2.06 bits per heavy atom. The van der Waals surface area contributed by atoms with E-state index in [2.05, 4.69) is 21.3 Å². The number of likely N-dealkylation sites (tertiary alicyclic amines) is 1. The number of amides is 2. The van der Waals surface area contributed by atoms with Gasteiger partial charge in [0.1, 0.15) is 17.4 Å². The average molecular weight is 477 g/mol. The fraction of sp³-hybridized carbons (Fsp3) is 0.519. The van der Waals surface area contributed by atoms with Crippen LogP contribution in [0.3, 0.4) is 0 Å². The van der Waals surface area contributed by atoms with Crippen molar-refractivity contribution in [3.8, 4) is 5.75 Å². The Labute approximate surface area is 203 Å². The van der Waals surface area contributed by atoms with Crippen LogP contribution >= 0.6 is 0 Å². The first-order chi connectivity index (χ1) is 16.7. The predicted octanol–water partition coefficient (Wildman–Crippen LogP) is 1.38. The molecule has 35 heavy (non-hydrogen) atoms. The first-order valence-corrected chi connectivity index (χ1v) is 12.7. The molecule has 0 unspecified atom stereocenters. The number of benzene rings is 1. The average Bonchev–Trinajstić information content (AvgIpc) is 3.63. The summed E-state index contributed by atoms with van der Waals surface area (Å²) in [6, 6.07) is 7.04. The van der Waals surface area contributed by atoms with Gasteiger partial charge in [-0.15, -0.1) is 0 Å². The lowest BCUT2D eigenvalue weighted by molar-refractivity contribution is -0.119. The molecule has 2 bridgehead atoms. The number of rotatable bonds is 5. The van der Waals surface area contributed by atoms with E-state index < -0.39 is 23.4 Å². The number of nitrogens with two attached hydrogens (primary N) is 1. The highest BCUT2D eigenvalue weighted by Crippen LogP contribution is 2.55. The number of hydrogen-bond donors (Lipinski definition) is 4. The minimum Gasteiger partial charge on any atom is -0.508 e. The first kappa shape index (κ1) is 22.3. The van der Waals surface area contributed by atoms with Gasteiger partial charge >= 0.3 is 0 Å². The van der Waals surface area contributed by atoms with Crippen LogP contribution in [0.1, 0.15) is 58.9 Å². The van der Waals surface area contributed by atoms with Gasteiger partial charge in [0.25, 0.3) is 11.5 Å². The van der Waals surface area contributed by atoms with Crippen LogP contribution in [-0.4, -0.2) is 52.0 Å². The molecule has 2 aromatic rings. The number of H-pyrrole nitrogens is 1. The number of fused-ring (bicyclic) bond motifs is 2. The van der Waals surface area contributed by atoms with Gasteiger partial charge in [0.05, 0.1) is 0 Å². The molecule has 1 aromatic carbocycles. The van der Waals surface area contributed by atoms with Crippen molar-refractivity contribution in [1.82, 2.24) is 15.2 Å². The molecule has 2 heterocycles. The van der Waals surface area contributed by atoms with Crippen LogP contribution in [0.4, 0.5) is 0 Å². The number of phenols is 1. The zero-order valence-corrected chi connectivity index (χ0v) is 20.0. The van der Waals surface area contributed by atoms with E-state index in [1.54, 1.807) is 12.1 Å². The molecule has 8 heteroatoms. The molecule has 8 nitrogen and oxygen atoms in total. The van der Waals surface area contributed by atoms with Crippen molar-refractivity contribution in [3.63, 3.8) is 0 Å². The Bertz CT molecular complexity index is 1280. The predicted molar refractivity (Wildman–Crippen MR) is 130 cm³/mol. The second-order valence-electron chi connectivity index (χ2n) is 11.1. The minimum absolute atomic E-state index is 0.0154. The molecule has 1 saturated heterocycles. The van der Waals surface area contributed by atoms with Crippen LogP contribution in [0, 0.1) is 11.8 Å². The lowest BCUT2D eigenvalue weighted by atomic mass is 9.52. The van der Waals surface area contributed by atoms with Gasteiger partial charge in [0.15, 0.2) is 0 Å². The molecule has 5 N–H and O–H groups in total. The maximum absolute atomic E-state index is 12.9. The Morgan fingerprint density at radius 1 is 1.26 bits per heavy atom. The van der Waals surface area contributed by atoms with Gasteiger partial charge < -0.3 is 21.1 Å². The van der Waals surface area contributed by atoms with Gasteiger partial charge in [-0.3, -0.25) is 19.3 Å². The molecule has 2 amide bonds. The van der Waals surface area contributed by atoms with Gasteiger partial charge in [-0.25, -0.2) is 0 Å². The topological polar surface area (TPSA) is 129 Å². The molecule has 0 radical (unpaired) electrons. The number of nitrogens with one attached hydrogen (secondary N) is 2. The molecule has 2 fully saturated rings. The van der Waals surface area contributed by atoms with Crippen molar-refractivity contribution in [2.45, 2.75) is 62.9 Å². The Balaban J connectivity index is 1.40. The van der Waals surface area contributed by atoms with Gasteiger partial charge in [-0.05, 0) is 98.7 Å². The van der Waals surface area contributed by atoms with Crippen molar-refractivity contribution < 1.29 is 14.7 Å². The zero-order valence-electron chi connectivity index (χ0n) is 20.0. The highest BCUT2D eigenvalue weighted by molar-refractivity contribution is 5.97. The highest BCUT2D eigenvalue weighted by atomic mass is 16.3. The largest absolute Gasteiger partial charge is 0.508 e. The molecule has 1 saturated carbocycles. The van der Waals surface area contributed by atoms with Gasteiger partial charge in [0.2, 0.25) is 5.91 Å². The van der Waals surface area contributed by atoms with Crippen molar-refractivity contribution >= 4 is 11.8 Å². The van der Waals surface area contributed by atoms with E-state index in [0.717, 1.165) is 49.5 Å². The number of aromatic hydroxyl groups is 1. The van der Waals surface area contributed by atoms with Crippen LogP contribution < -0.4 is 16.6 Å². The number of carbonyl (C=O) groups is 2. The first-order valence-electron chi connectivity index (χ1n) is 12.7. The number of pyridine rings is 1. The third kappa shape index (κ3) is 3.66. The number of aromatic nitrogens is 1. The summed E-state index contributed by atoms with van der Waals surface area (Å²) < 4.78 is 0. The van der Waals surface area contributed by atoms with E-state index in [-0.39, 0.29) is 16.7 Å². The van der Waals surface area contributed by atoms with Crippen molar-refractivity contribution in [3.05, 3.63) is 62.6 Å². The van der Waals surface area contributed by atoms with Crippen molar-refractivity contribution in [2.75, 3.05) is 13.1 Å². The van der Waals surface area contributed by atoms with E-state index >= 15 is 0 Å². The summed E-state index contributed by atoms with van der Waals surface area (Å²) >= 11 is 0. The van der Waals surface area contributed by atoms with Gasteiger partial charge in [-0.1, -0.05) is 6.07 Å². The van der Waals surface area contributed by atoms with E-state index in [0.29, 0.717) is 18.4 Å². The fourth-order valence-corrected chi connectivity index (χ4v) is 6.88. The monoisotopic (exact) mass is 476 g/mol. The fourth-order valence-electron chi connectivity index (χ4n) is 6.88. The lowest BCUT2D eigenvalue weighted by Crippen LogP contribution is -2.63. The standard InChI is InChI=1S/C27H32N4O4/c1-14(24(28)33)29-25(34)19-8-17-9-21-23-10-16-4-5-18(32)11-20(16)27(21,12-22(17)30-26(19)35)6-7-31(23)13-15-2-3-15/h4-5,8,11,14-15,21,23,32H,2-3,6-7,9-10,12-13H2,1H3,(H2,28,33)(H,29,34)(H,30,35)/t14-,21-,23+,27+/m0/s1. The molecular weight excluding hydrogens is 444 g/mol.